The Morgan fingerprint density at radius 1 is 1.41 bits per heavy atom. The Kier molecular flexibility index (Phi) is 4.09. The highest BCUT2D eigenvalue weighted by atomic mass is 16.6. The lowest BCUT2D eigenvalue weighted by Gasteiger charge is -2.19. The average Bonchev–Trinajstić information content (AvgIpc) is 2.14. The quantitative estimate of drug-likeness (QED) is 0.636. The van der Waals surface area contributed by atoms with Crippen molar-refractivity contribution < 1.29 is 19.6 Å². The molecule has 0 saturated carbocycles. The molecule has 0 bridgehead atoms. The van der Waals surface area contributed by atoms with Crippen LogP contribution in [0.15, 0.2) is 18.2 Å². The van der Waals surface area contributed by atoms with Crippen molar-refractivity contribution in [1.82, 2.24) is 4.98 Å². The largest absolute Gasteiger partial charge is 0.508 e. The first-order chi connectivity index (χ1) is 7.78. The number of pyridine rings is 1. The number of anilines is 1. The summed E-state index contributed by atoms with van der Waals surface area (Å²) in [6.07, 6.45) is -0.644. The summed E-state index contributed by atoms with van der Waals surface area (Å²) < 4.78 is 5.03. The fourth-order valence-electron chi connectivity index (χ4n) is 1.07. The number of hydrogen-bond acceptors (Lipinski definition) is 5. The molecule has 0 atom stereocenters. The molecule has 6 nitrogen and oxygen atoms in total. The van der Waals surface area contributed by atoms with Crippen molar-refractivity contribution in [3.63, 3.8) is 0 Å². The van der Waals surface area contributed by atoms with Gasteiger partial charge in [0.15, 0.2) is 0 Å². The van der Waals surface area contributed by atoms with Gasteiger partial charge in [0.2, 0.25) is 0 Å². The molecule has 0 radical (unpaired) electrons. The van der Waals surface area contributed by atoms with Gasteiger partial charge >= 0.3 is 13.2 Å². The molecule has 0 aliphatic heterocycles. The summed E-state index contributed by atoms with van der Waals surface area (Å²) in [6, 6.07) is 4.51. The van der Waals surface area contributed by atoms with E-state index in [0.29, 0.717) is 0 Å². The zero-order chi connectivity index (χ0) is 13.1. The monoisotopic (exact) mass is 238 g/mol. The van der Waals surface area contributed by atoms with E-state index in [0.717, 1.165) is 0 Å². The Morgan fingerprint density at radius 2 is 2.06 bits per heavy atom. The van der Waals surface area contributed by atoms with E-state index in [1.165, 1.54) is 12.1 Å². The molecule has 0 aliphatic carbocycles. The number of ether oxygens (including phenoxy) is 1. The van der Waals surface area contributed by atoms with Crippen LogP contribution in [0, 0.1) is 0 Å². The summed E-state index contributed by atoms with van der Waals surface area (Å²) in [5, 5.41) is 20.2. The summed E-state index contributed by atoms with van der Waals surface area (Å²) in [4.78, 5) is 15.2. The second kappa shape index (κ2) is 5.16. The molecule has 0 spiro atoms. The number of aromatic nitrogens is 1. The first kappa shape index (κ1) is 13.5. The fraction of sp³-hybridized carbons (Fsp3) is 0.400. The van der Waals surface area contributed by atoms with Crippen LogP contribution in [0.25, 0.3) is 0 Å². The molecule has 0 fully saturated rings. The Balaban J connectivity index is 2.69. The molecule has 0 unspecified atom stereocenters. The van der Waals surface area contributed by atoms with Crippen LogP contribution in [-0.4, -0.2) is 33.8 Å². The molecule has 1 heterocycles. The molecule has 1 amide bonds. The third-order valence-corrected chi connectivity index (χ3v) is 1.66. The molecular formula is C10H15BN2O4. The number of carbonyl (C=O) groups excluding carboxylic acids is 1. The van der Waals surface area contributed by atoms with Gasteiger partial charge in [0.05, 0.1) is 5.59 Å². The minimum absolute atomic E-state index is 0.0542. The zero-order valence-electron chi connectivity index (χ0n) is 9.97. The van der Waals surface area contributed by atoms with Gasteiger partial charge in [-0.1, -0.05) is 6.07 Å². The van der Waals surface area contributed by atoms with Gasteiger partial charge in [0.25, 0.3) is 0 Å². The van der Waals surface area contributed by atoms with E-state index in [1.54, 1.807) is 26.8 Å². The molecule has 1 aromatic heterocycles. The first-order valence-electron chi connectivity index (χ1n) is 5.11. The van der Waals surface area contributed by atoms with E-state index in [9.17, 15) is 4.79 Å². The van der Waals surface area contributed by atoms with E-state index < -0.39 is 18.8 Å². The molecule has 0 aliphatic rings. The van der Waals surface area contributed by atoms with Gasteiger partial charge in [-0.15, -0.1) is 0 Å². The second-order valence-electron chi connectivity index (χ2n) is 4.45. The van der Waals surface area contributed by atoms with Gasteiger partial charge in [-0.2, -0.15) is 0 Å². The van der Waals surface area contributed by atoms with E-state index in [4.69, 9.17) is 14.8 Å². The second-order valence-corrected chi connectivity index (χ2v) is 4.45. The molecule has 1 aromatic rings. The molecule has 7 heteroatoms. The topological polar surface area (TPSA) is 91.7 Å². The SMILES string of the molecule is CC(C)(C)OC(=O)Nc1cccc(B(O)O)n1. The molecular weight excluding hydrogens is 223 g/mol. The van der Waals surface area contributed by atoms with Crippen molar-refractivity contribution in [2.45, 2.75) is 26.4 Å². The van der Waals surface area contributed by atoms with Gasteiger partial charge in [0, 0.05) is 0 Å². The lowest BCUT2D eigenvalue weighted by molar-refractivity contribution is 0.0635. The minimum atomic E-state index is -1.67. The minimum Gasteiger partial charge on any atom is -0.444 e. The highest BCUT2D eigenvalue weighted by Gasteiger charge is 2.17. The van der Waals surface area contributed by atoms with Crippen LogP contribution >= 0.6 is 0 Å². The summed E-state index contributed by atoms with van der Waals surface area (Å²) in [5.74, 6) is 0.199. The van der Waals surface area contributed by atoms with Gasteiger partial charge < -0.3 is 14.8 Å². The van der Waals surface area contributed by atoms with Crippen molar-refractivity contribution in [1.29, 1.82) is 0 Å². The highest BCUT2D eigenvalue weighted by molar-refractivity contribution is 6.57. The maximum atomic E-state index is 11.4. The molecule has 92 valence electrons. The fourth-order valence-corrected chi connectivity index (χ4v) is 1.07. The lowest BCUT2D eigenvalue weighted by atomic mass is 9.86. The van der Waals surface area contributed by atoms with Crippen LogP contribution < -0.4 is 10.9 Å². The van der Waals surface area contributed by atoms with Crippen LogP contribution in [0.2, 0.25) is 0 Å². The maximum absolute atomic E-state index is 11.4. The number of hydrogen-bond donors (Lipinski definition) is 3. The summed E-state index contributed by atoms with van der Waals surface area (Å²) in [7, 11) is -1.67. The number of carbonyl (C=O) groups is 1. The third-order valence-electron chi connectivity index (χ3n) is 1.66. The number of amides is 1. The van der Waals surface area contributed by atoms with Gasteiger partial charge in [-0.3, -0.25) is 5.32 Å². The number of nitrogens with one attached hydrogen (secondary N) is 1. The van der Waals surface area contributed by atoms with Gasteiger partial charge in [-0.05, 0) is 32.9 Å². The van der Waals surface area contributed by atoms with E-state index in [-0.39, 0.29) is 11.4 Å². The van der Waals surface area contributed by atoms with E-state index >= 15 is 0 Å². The van der Waals surface area contributed by atoms with Crippen molar-refractivity contribution in [3.8, 4) is 0 Å². The predicted molar refractivity (Wildman–Crippen MR) is 63.9 cm³/mol. The molecule has 3 N–H and O–H groups in total. The van der Waals surface area contributed by atoms with Crippen LogP contribution in [0.5, 0.6) is 0 Å². The molecule has 17 heavy (non-hydrogen) atoms. The van der Waals surface area contributed by atoms with Crippen molar-refractivity contribution in [2.24, 2.45) is 0 Å². The van der Waals surface area contributed by atoms with E-state index in [2.05, 4.69) is 10.3 Å². The van der Waals surface area contributed by atoms with Crippen molar-refractivity contribution in [3.05, 3.63) is 18.2 Å². The van der Waals surface area contributed by atoms with Gasteiger partial charge in [0.1, 0.15) is 11.4 Å². The lowest BCUT2D eigenvalue weighted by Crippen LogP contribution is -2.34. The molecule has 1 rings (SSSR count). The van der Waals surface area contributed by atoms with Gasteiger partial charge in [-0.25, -0.2) is 9.78 Å². The van der Waals surface area contributed by atoms with Crippen molar-refractivity contribution in [2.75, 3.05) is 5.32 Å². The number of rotatable bonds is 2. The maximum Gasteiger partial charge on any atom is 0.508 e. The molecule has 0 saturated heterocycles. The van der Waals surface area contributed by atoms with Crippen LogP contribution in [-0.2, 0) is 4.74 Å². The molecule has 0 aromatic carbocycles. The summed E-state index contributed by atoms with van der Waals surface area (Å²) in [5.41, 5.74) is -0.545. The van der Waals surface area contributed by atoms with E-state index in [1.807, 2.05) is 0 Å². The van der Waals surface area contributed by atoms with Crippen LogP contribution in [0.1, 0.15) is 20.8 Å². The summed E-state index contributed by atoms with van der Waals surface area (Å²) in [6.45, 7) is 5.23. The average molecular weight is 238 g/mol. The standard InChI is InChI=1S/C10H15BN2O4/c1-10(2,3)17-9(14)13-8-6-4-5-7(12-8)11(15)16/h4-6,15-16H,1-3H3,(H,12,13,14). The number of nitrogens with zero attached hydrogens (tertiary/aromatic N) is 1. The third kappa shape index (κ3) is 4.84. The Bertz CT molecular complexity index is 404. The van der Waals surface area contributed by atoms with Crippen molar-refractivity contribution >= 4 is 24.6 Å². The summed E-state index contributed by atoms with van der Waals surface area (Å²) >= 11 is 0. The Labute approximate surface area is 99.8 Å². The smallest absolute Gasteiger partial charge is 0.444 e. The normalized spacial score (nSPS) is 10.9. The first-order valence-corrected chi connectivity index (χ1v) is 5.11. The highest BCUT2D eigenvalue weighted by Crippen LogP contribution is 2.09. The van der Waals surface area contributed by atoms with Crippen LogP contribution in [0.4, 0.5) is 10.6 Å². The zero-order valence-corrected chi connectivity index (χ0v) is 9.97. The Morgan fingerprint density at radius 3 is 2.59 bits per heavy atom. The predicted octanol–water partition coefficient (Wildman–Crippen LogP) is 0.108. The van der Waals surface area contributed by atoms with Crippen LogP contribution in [0.3, 0.4) is 0 Å². The Hall–Kier alpha value is -1.60.